The number of ether oxygens (including phenoxy) is 1. The van der Waals surface area contributed by atoms with Crippen molar-refractivity contribution in [2.75, 3.05) is 6.61 Å². The van der Waals surface area contributed by atoms with Crippen LogP contribution < -0.4 is 4.74 Å². The van der Waals surface area contributed by atoms with Crippen LogP contribution >= 0.6 is 15.9 Å². The van der Waals surface area contributed by atoms with Crippen LogP contribution in [0.1, 0.15) is 26.2 Å². The molecule has 0 aliphatic rings. The first-order chi connectivity index (χ1) is 11.4. The van der Waals surface area contributed by atoms with Crippen LogP contribution in [0.4, 0.5) is 0 Å². The van der Waals surface area contributed by atoms with Gasteiger partial charge in [0.05, 0.1) is 14.7 Å². The van der Waals surface area contributed by atoms with Crippen molar-refractivity contribution in [3.05, 3.63) is 53.0 Å². The van der Waals surface area contributed by atoms with Gasteiger partial charge in [0.2, 0.25) is 0 Å². The molecule has 0 spiro atoms. The molecule has 1 unspecified atom stereocenters. The Bertz CT molecular complexity index is 614. The smallest absolute Gasteiger partial charge is 0.119 e. The Kier molecular flexibility index (Phi) is 7.11. The van der Waals surface area contributed by atoms with Crippen LogP contribution in [0.3, 0.4) is 0 Å². The lowest BCUT2D eigenvalue weighted by Gasteiger charge is -2.29. The summed E-state index contributed by atoms with van der Waals surface area (Å²) in [6.45, 7) is 10.5. The van der Waals surface area contributed by atoms with Crippen LogP contribution in [-0.4, -0.2) is 14.7 Å². The van der Waals surface area contributed by atoms with Crippen LogP contribution in [-0.2, 0) is 0 Å². The number of unbranched alkanes of at least 4 members (excludes halogenated alkanes) is 1. The predicted octanol–water partition coefficient (Wildman–Crippen LogP) is 7.39. The number of hydrogen-bond acceptors (Lipinski definition) is 1. The topological polar surface area (TPSA) is 9.23 Å². The second-order valence-corrected chi connectivity index (χ2v) is 14.0. The first-order valence-electron chi connectivity index (χ1n) is 8.89. The van der Waals surface area contributed by atoms with Crippen molar-refractivity contribution >= 4 is 24.0 Å². The standard InChI is InChI=1S/C21H29BrOSi/c1-5-6-7-21(24(2,3)4)16-23-20-14-10-18(11-15-20)17-8-12-19(22)13-9-17/h8-15,21H,5-7,16H2,1-4H3. The fourth-order valence-corrected chi connectivity index (χ4v) is 4.72. The summed E-state index contributed by atoms with van der Waals surface area (Å²) in [5.74, 6) is 0.982. The normalized spacial score (nSPS) is 12.9. The third kappa shape index (κ3) is 5.78. The van der Waals surface area contributed by atoms with Crippen LogP contribution in [0.25, 0.3) is 11.1 Å². The Morgan fingerprint density at radius 2 is 1.46 bits per heavy atom. The van der Waals surface area contributed by atoms with Gasteiger partial charge in [0.25, 0.3) is 0 Å². The molecule has 0 radical (unpaired) electrons. The van der Waals surface area contributed by atoms with E-state index in [0.717, 1.165) is 22.4 Å². The van der Waals surface area contributed by atoms with Gasteiger partial charge in [0.15, 0.2) is 0 Å². The molecule has 2 rings (SSSR count). The van der Waals surface area contributed by atoms with Gasteiger partial charge in [-0.05, 0) is 47.4 Å². The van der Waals surface area contributed by atoms with Crippen molar-refractivity contribution in [3.63, 3.8) is 0 Å². The van der Waals surface area contributed by atoms with Crippen molar-refractivity contribution in [3.8, 4) is 16.9 Å². The molecule has 130 valence electrons. The lowest BCUT2D eigenvalue weighted by atomic mass is 10.1. The summed E-state index contributed by atoms with van der Waals surface area (Å²) >= 11 is 3.48. The third-order valence-corrected chi connectivity index (χ3v) is 8.05. The largest absolute Gasteiger partial charge is 0.494 e. The zero-order valence-corrected chi connectivity index (χ0v) is 17.9. The lowest BCUT2D eigenvalue weighted by molar-refractivity contribution is 0.301. The first-order valence-corrected chi connectivity index (χ1v) is 13.3. The SMILES string of the molecule is CCCCC(COc1ccc(-c2ccc(Br)cc2)cc1)[Si](C)(C)C. The highest BCUT2D eigenvalue weighted by atomic mass is 79.9. The minimum absolute atomic E-state index is 0.726. The molecule has 3 heteroatoms. The maximum Gasteiger partial charge on any atom is 0.119 e. The molecule has 0 fully saturated rings. The van der Waals surface area contributed by atoms with Gasteiger partial charge >= 0.3 is 0 Å². The third-order valence-electron chi connectivity index (χ3n) is 4.61. The molecule has 1 atom stereocenters. The molecule has 0 bridgehead atoms. The zero-order chi connectivity index (χ0) is 17.6. The van der Waals surface area contributed by atoms with Crippen molar-refractivity contribution in [2.24, 2.45) is 0 Å². The minimum atomic E-state index is -1.18. The second-order valence-electron chi connectivity index (χ2n) is 7.55. The number of benzene rings is 2. The summed E-state index contributed by atoms with van der Waals surface area (Å²) in [4.78, 5) is 0. The highest BCUT2D eigenvalue weighted by Crippen LogP contribution is 2.29. The summed E-state index contributed by atoms with van der Waals surface area (Å²) in [6, 6.07) is 16.9. The Morgan fingerprint density at radius 3 is 1.96 bits per heavy atom. The maximum atomic E-state index is 6.13. The Balaban J connectivity index is 1.99. The van der Waals surface area contributed by atoms with Gasteiger partial charge in [-0.3, -0.25) is 0 Å². The molecule has 0 aliphatic heterocycles. The van der Waals surface area contributed by atoms with E-state index in [4.69, 9.17) is 4.74 Å². The Labute approximate surface area is 156 Å². The molecule has 0 saturated heterocycles. The average molecular weight is 405 g/mol. The van der Waals surface area contributed by atoms with Gasteiger partial charge < -0.3 is 4.74 Å². The summed E-state index contributed by atoms with van der Waals surface area (Å²) < 4.78 is 7.24. The van der Waals surface area contributed by atoms with E-state index in [1.54, 1.807) is 0 Å². The van der Waals surface area contributed by atoms with Crippen molar-refractivity contribution in [1.29, 1.82) is 0 Å². The van der Waals surface area contributed by atoms with E-state index in [1.807, 2.05) is 0 Å². The summed E-state index contributed by atoms with van der Waals surface area (Å²) in [5, 5.41) is 0. The minimum Gasteiger partial charge on any atom is -0.494 e. The highest BCUT2D eigenvalue weighted by Gasteiger charge is 2.26. The van der Waals surface area contributed by atoms with Gasteiger partial charge in [-0.15, -0.1) is 0 Å². The van der Waals surface area contributed by atoms with Gasteiger partial charge in [-0.25, -0.2) is 0 Å². The number of halogens is 1. The summed E-state index contributed by atoms with van der Waals surface area (Å²) in [5.41, 5.74) is 3.18. The molecule has 0 aliphatic carbocycles. The molecule has 0 saturated carbocycles. The molecule has 1 nitrogen and oxygen atoms in total. The second kappa shape index (κ2) is 8.86. The van der Waals surface area contributed by atoms with Gasteiger partial charge in [0.1, 0.15) is 5.75 Å². The molecule has 0 N–H and O–H groups in total. The number of rotatable bonds is 8. The summed E-state index contributed by atoms with van der Waals surface area (Å²) in [6.07, 6.45) is 3.87. The van der Waals surface area contributed by atoms with Crippen LogP contribution in [0.5, 0.6) is 5.75 Å². The molecular weight excluding hydrogens is 376 g/mol. The average Bonchev–Trinajstić information content (AvgIpc) is 2.55. The fourth-order valence-electron chi connectivity index (χ4n) is 2.80. The van der Waals surface area contributed by atoms with E-state index >= 15 is 0 Å². The Morgan fingerprint density at radius 1 is 0.917 bits per heavy atom. The van der Waals surface area contributed by atoms with E-state index in [1.165, 1.54) is 30.4 Å². The molecule has 24 heavy (non-hydrogen) atoms. The molecule has 0 amide bonds. The van der Waals surface area contributed by atoms with Gasteiger partial charge in [-0.1, -0.05) is 79.6 Å². The van der Waals surface area contributed by atoms with E-state index in [-0.39, 0.29) is 0 Å². The zero-order valence-electron chi connectivity index (χ0n) is 15.3. The van der Waals surface area contributed by atoms with Crippen LogP contribution in [0.2, 0.25) is 25.2 Å². The van der Waals surface area contributed by atoms with Crippen molar-refractivity contribution in [2.45, 2.75) is 51.4 Å². The molecular formula is C21H29BrOSi. The molecule has 2 aromatic carbocycles. The quantitative estimate of drug-likeness (QED) is 0.416. The van der Waals surface area contributed by atoms with E-state index in [2.05, 4.69) is 91.0 Å². The van der Waals surface area contributed by atoms with Gasteiger partial charge in [0, 0.05) is 4.47 Å². The van der Waals surface area contributed by atoms with Gasteiger partial charge in [-0.2, -0.15) is 0 Å². The molecule has 2 aromatic rings. The van der Waals surface area contributed by atoms with Crippen LogP contribution in [0, 0.1) is 0 Å². The van der Waals surface area contributed by atoms with Crippen molar-refractivity contribution in [1.82, 2.24) is 0 Å². The maximum absolute atomic E-state index is 6.13. The molecule has 0 aromatic heterocycles. The van der Waals surface area contributed by atoms with Crippen LogP contribution in [0.15, 0.2) is 53.0 Å². The Hall–Kier alpha value is -1.06. The first kappa shape index (κ1) is 19.3. The summed E-state index contributed by atoms with van der Waals surface area (Å²) in [7, 11) is -1.18. The highest BCUT2D eigenvalue weighted by molar-refractivity contribution is 9.10. The van der Waals surface area contributed by atoms with Crippen molar-refractivity contribution < 1.29 is 4.74 Å². The van der Waals surface area contributed by atoms with E-state index in [9.17, 15) is 0 Å². The monoisotopic (exact) mass is 404 g/mol. The fraction of sp³-hybridized carbons (Fsp3) is 0.429. The number of hydrogen-bond donors (Lipinski definition) is 0. The van der Waals surface area contributed by atoms with E-state index < -0.39 is 8.07 Å². The molecule has 0 heterocycles. The lowest BCUT2D eigenvalue weighted by Crippen LogP contribution is -2.32. The van der Waals surface area contributed by atoms with E-state index in [0.29, 0.717) is 0 Å². The predicted molar refractivity (Wildman–Crippen MR) is 112 cm³/mol.